The second-order valence-electron chi connectivity index (χ2n) is 4.86. The maximum Gasteiger partial charge on any atom is 0.185 e. The van der Waals surface area contributed by atoms with Crippen molar-refractivity contribution in [1.29, 1.82) is 0 Å². The maximum absolute atomic E-state index is 4.41. The number of rotatable bonds is 5. The molecule has 1 saturated heterocycles. The van der Waals surface area contributed by atoms with E-state index in [-0.39, 0.29) is 0 Å². The quantitative estimate of drug-likeness (QED) is 0.855. The first-order chi connectivity index (χ1) is 7.77. The maximum atomic E-state index is 4.41. The molecule has 3 nitrogen and oxygen atoms in total. The minimum absolute atomic E-state index is 0.643. The fraction of sp³-hybridized carbons (Fsp3) is 0.750. The normalized spacial score (nSPS) is 20.9. The van der Waals surface area contributed by atoms with E-state index in [1.165, 1.54) is 24.5 Å². The molecule has 4 heteroatoms. The first-order valence-electron chi connectivity index (χ1n) is 6.14. The molecular weight excluding hydrogens is 218 g/mol. The second-order valence-corrected chi connectivity index (χ2v) is 5.73. The van der Waals surface area contributed by atoms with Crippen LogP contribution in [0.3, 0.4) is 0 Å². The summed E-state index contributed by atoms with van der Waals surface area (Å²) in [6, 6.07) is 0.643. The van der Waals surface area contributed by atoms with Gasteiger partial charge in [-0.1, -0.05) is 13.8 Å². The van der Waals surface area contributed by atoms with Crippen molar-refractivity contribution in [2.24, 2.45) is 5.92 Å². The van der Waals surface area contributed by atoms with Crippen molar-refractivity contribution in [3.63, 3.8) is 0 Å². The van der Waals surface area contributed by atoms with Crippen LogP contribution in [0.1, 0.15) is 26.7 Å². The van der Waals surface area contributed by atoms with Gasteiger partial charge < -0.3 is 10.2 Å². The molecule has 16 heavy (non-hydrogen) atoms. The Morgan fingerprint density at radius 3 is 3.19 bits per heavy atom. The van der Waals surface area contributed by atoms with E-state index in [1.807, 2.05) is 6.20 Å². The lowest BCUT2D eigenvalue weighted by Gasteiger charge is -2.24. The SMILES string of the molecule is CC(C)CNCC1CCCN1c1nccs1. The minimum atomic E-state index is 0.643. The Balaban J connectivity index is 1.84. The van der Waals surface area contributed by atoms with E-state index < -0.39 is 0 Å². The van der Waals surface area contributed by atoms with Crippen molar-refractivity contribution in [1.82, 2.24) is 10.3 Å². The standard InChI is InChI=1S/C12H21N3S/c1-10(2)8-13-9-11-4-3-6-15(11)12-14-5-7-16-12/h5,7,10-11,13H,3-4,6,8-9H2,1-2H3. The van der Waals surface area contributed by atoms with Gasteiger partial charge in [0.2, 0.25) is 0 Å². The number of nitrogens with zero attached hydrogens (tertiary/aromatic N) is 2. The third-order valence-corrected chi connectivity index (χ3v) is 3.78. The third kappa shape index (κ3) is 2.95. The highest BCUT2D eigenvalue weighted by atomic mass is 32.1. The Bertz CT molecular complexity index is 297. The summed E-state index contributed by atoms with van der Waals surface area (Å²) in [7, 11) is 0. The molecule has 0 aromatic carbocycles. The molecule has 1 aromatic heterocycles. The van der Waals surface area contributed by atoms with Crippen molar-refractivity contribution in [3.05, 3.63) is 11.6 Å². The number of hydrogen-bond acceptors (Lipinski definition) is 4. The van der Waals surface area contributed by atoms with Gasteiger partial charge in [-0.25, -0.2) is 4.98 Å². The molecule has 0 bridgehead atoms. The van der Waals surface area contributed by atoms with Gasteiger partial charge in [0.1, 0.15) is 0 Å². The van der Waals surface area contributed by atoms with Gasteiger partial charge in [-0.3, -0.25) is 0 Å². The van der Waals surface area contributed by atoms with Crippen LogP contribution < -0.4 is 10.2 Å². The Morgan fingerprint density at radius 2 is 2.50 bits per heavy atom. The lowest BCUT2D eigenvalue weighted by molar-refractivity contribution is 0.512. The summed E-state index contributed by atoms with van der Waals surface area (Å²) < 4.78 is 0. The first kappa shape index (κ1) is 11.9. The molecule has 0 radical (unpaired) electrons. The summed E-state index contributed by atoms with van der Waals surface area (Å²) in [5, 5.41) is 6.80. The smallest absolute Gasteiger partial charge is 0.185 e. The highest BCUT2D eigenvalue weighted by Crippen LogP contribution is 2.26. The summed E-state index contributed by atoms with van der Waals surface area (Å²) in [5.74, 6) is 0.731. The van der Waals surface area contributed by atoms with Gasteiger partial charge in [0.05, 0.1) is 0 Å². The summed E-state index contributed by atoms with van der Waals surface area (Å²) in [6.45, 7) is 7.88. The van der Waals surface area contributed by atoms with Crippen LogP contribution in [0.2, 0.25) is 0 Å². The minimum Gasteiger partial charge on any atom is -0.344 e. The lowest BCUT2D eigenvalue weighted by Crippen LogP contribution is -2.39. The Labute approximate surface area is 102 Å². The zero-order valence-corrected chi connectivity index (χ0v) is 11.0. The fourth-order valence-electron chi connectivity index (χ4n) is 2.20. The molecule has 90 valence electrons. The molecule has 0 saturated carbocycles. The number of thiazole rings is 1. The van der Waals surface area contributed by atoms with E-state index in [0.29, 0.717) is 6.04 Å². The zero-order chi connectivity index (χ0) is 11.4. The first-order valence-corrected chi connectivity index (χ1v) is 7.02. The molecule has 2 heterocycles. The molecule has 0 aliphatic carbocycles. The molecule has 0 spiro atoms. The van der Waals surface area contributed by atoms with E-state index in [2.05, 4.69) is 34.4 Å². The molecular formula is C12H21N3S. The number of aromatic nitrogens is 1. The van der Waals surface area contributed by atoms with Crippen LogP contribution >= 0.6 is 11.3 Å². The summed E-state index contributed by atoms with van der Waals surface area (Å²) in [5.41, 5.74) is 0. The molecule has 0 amide bonds. The van der Waals surface area contributed by atoms with Crippen LogP contribution in [0.5, 0.6) is 0 Å². The largest absolute Gasteiger partial charge is 0.344 e. The van der Waals surface area contributed by atoms with Crippen LogP contribution in [0.15, 0.2) is 11.6 Å². The fourth-order valence-corrected chi connectivity index (χ4v) is 2.94. The Kier molecular flexibility index (Phi) is 4.18. The average Bonchev–Trinajstić information content (AvgIpc) is 2.84. The predicted octanol–water partition coefficient (Wildman–Crippen LogP) is 2.36. The lowest BCUT2D eigenvalue weighted by atomic mass is 10.2. The van der Waals surface area contributed by atoms with Crippen LogP contribution in [0.25, 0.3) is 0 Å². The Morgan fingerprint density at radius 1 is 1.62 bits per heavy atom. The van der Waals surface area contributed by atoms with E-state index in [4.69, 9.17) is 0 Å². The molecule has 2 rings (SSSR count). The van der Waals surface area contributed by atoms with Gasteiger partial charge in [-0.15, -0.1) is 11.3 Å². The van der Waals surface area contributed by atoms with Crippen molar-refractivity contribution in [2.75, 3.05) is 24.5 Å². The van der Waals surface area contributed by atoms with Gasteiger partial charge in [-0.2, -0.15) is 0 Å². The van der Waals surface area contributed by atoms with Gasteiger partial charge in [0, 0.05) is 30.7 Å². The van der Waals surface area contributed by atoms with Crippen molar-refractivity contribution >= 4 is 16.5 Å². The number of nitrogens with one attached hydrogen (secondary N) is 1. The number of hydrogen-bond donors (Lipinski definition) is 1. The van der Waals surface area contributed by atoms with Crippen LogP contribution in [-0.4, -0.2) is 30.7 Å². The van der Waals surface area contributed by atoms with E-state index >= 15 is 0 Å². The van der Waals surface area contributed by atoms with E-state index in [9.17, 15) is 0 Å². The molecule has 1 aromatic rings. The van der Waals surface area contributed by atoms with Crippen LogP contribution in [0, 0.1) is 5.92 Å². The molecule has 1 atom stereocenters. The second kappa shape index (κ2) is 5.64. The number of anilines is 1. The van der Waals surface area contributed by atoms with Gasteiger partial charge in [0.15, 0.2) is 5.13 Å². The molecule has 1 fully saturated rings. The monoisotopic (exact) mass is 239 g/mol. The highest BCUT2D eigenvalue weighted by Gasteiger charge is 2.25. The zero-order valence-electron chi connectivity index (χ0n) is 10.1. The Hall–Kier alpha value is -0.610. The van der Waals surface area contributed by atoms with Gasteiger partial charge >= 0.3 is 0 Å². The molecule has 1 N–H and O–H groups in total. The van der Waals surface area contributed by atoms with Gasteiger partial charge in [-0.05, 0) is 25.3 Å². The summed E-state index contributed by atoms with van der Waals surface area (Å²) >= 11 is 1.75. The molecule has 1 aliphatic rings. The summed E-state index contributed by atoms with van der Waals surface area (Å²) in [6.07, 6.45) is 4.50. The van der Waals surface area contributed by atoms with Gasteiger partial charge in [0.25, 0.3) is 0 Å². The van der Waals surface area contributed by atoms with E-state index in [0.717, 1.165) is 19.0 Å². The molecule has 1 aliphatic heterocycles. The summed E-state index contributed by atoms with van der Waals surface area (Å²) in [4.78, 5) is 6.86. The average molecular weight is 239 g/mol. The van der Waals surface area contributed by atoms with E-state index in [1.54, 1.807) is 11.3 Å². The third-order valence-electron chi connectivity index (χ3n) is 2.97. The van der Waals surface area contributed by atoms with Crippen LogP contribution in [0.4, 0.5) is 5.13 Å². The highest BCUT2D eigenvalue weighted by molar-refractivity contribution is 7.13. The van der Waals surface area contributed by atoms with Crippen molar-refractivity contribution < 1.29 is 0 Å². The predicted molar refractivity (Wildman–Crippen MR) is 70.2 cm³/mol. The van der Waals surface area contributed by atoms with Crippen LogP contribution in [-0.2, 0) is 0 Å². The topological polar surface area (TPSA) is 28.2 Å². The van der Waals surface area contributed by atoms with Crippen molar-refractivity contribution in [2.45, 2.75) is 32.7 Å². The molecule has 1 unspecified atom stereocenters. The van der Waals surface area contributed by atoms with Crippen molar-refractivity contribution in [3.8, 4) is 0 Å².